The van der Waals surface area contributed by atoms with Gasteiger partial charge in [-0.1, -0.05) is 51.1 Å². The first-order valence-corrected chi connectivity index (χ1v) is 8.58. The number of aryl methyl sites for hydroxylation is 3. The van der Waals surface area contributed by atoms with Crippen LogP contribution in [0.3, 0.4) is 0 Å². The van der Waals surface area contributed by atoms with Gasteiger partial charge in [-0.3, -0.25) is 0 Å². The van der Waals surface area contributed by atoms with E-state index in [4.69, 9.17) is 4.74 Å². The highest BCUT2D eigenvalue weighted by atomic mass is 16.5. The number of benzene rings is 2. The van der Waals surface area contributed by atoms with Crippen LogP contribution < -0.4 is 10.1 Å². The first-order valence-electron chi connectivity index (χ1n) is 8.58. The summed E-state index contributed by atoms with van der Waals surface area (Å²) in [5.41, 5.74) is 6.43. The minimum atomic E-state index is 0.474. The van der Waals surface area contributed by atoms with Crippen molar-refractivity contribution in [3.8, 4) is 5.75 Å². The number of para-hydroxylation sites is 1. The summed E-state index contributed by atoms with van der Waals surface area (Å²) < 4.78 is 6.05. The van der Waals surface area contributed by atoms with E-state index >= 15 is 0 Å². The van der Waals surface area contributed by atoms with E-state index in [1.807, 2.05) is 0 Å². The zero-order chi connectivity index (χ0) is 16.8. The van der Waals surface area contributed by atoms with Crippen molar-refractivity contribution in [2.24, 2.45) is 0 Å². The molecule has 0 radical (unpaired) electrons. The lowest BCUT2D eigenvalue weighted by Crippen LogP contribution is -2.14. The molecule has 0 saturated carbocycles. The molecule has 2 aromatic rings. The van der Waals surface area contributed by atoms with Gasteiger partial charge in [0.2, 0.25) is 0 Å². The maximum absolute atomic E-state index is 6.05. The first-order chi connectivity index (χ1) is 11.0. The standard InChI is InChI=1S/C21H29NO/c1-6-18-9-7-8-17(5)21(18)22-12-13-23-20-14-16(4)10-11-19(20)15(2)3/h7-11,14-15,22H,6,12-13H2,1-5H3. The minimum Gasteiger partial charge on any atom is -0.491 e. The second-order valence-corrected chi connectivity index (χ2v) is 6.43. The average Bonchev–Trinajstić information content (AvgIpc) is 2.52. The third-order valence-electron chi connectivity index (χ3n) is 4.19. The van der Waals surface area contributed by atoms with Gasteiger partial charge in [-0.2, -0.15) is 0 Å². The van der Waals surface area contributed by atoms with Gasteiger partial charge in [0.15, 0.2) is 0 Å². The topological polar surface area (TPSA) is 21.3 Å². The predicted molar refractivity (Wildman–Crippen MR) is 99.8 cm³/mol. The quantitative estimate of drug-likeness (QED) is 0.684. The lowest BCUT2D eigenvalue weighted by atomic mass is 10.0. The van der Waals surface area contributed by atoms with Gasteiger partial charge in [-0.05, 0) is 54.5 Å². The van der Waals surface area contributed by atoms with Crippen molar-refractivity contribution in [2.45, 2.75) is 47.0 Å². The Bertz CT molecular complexity index is 646. The molecule has 2 rings (SSSR count). The van der Waals surface area contributed by atoms with Gasteiger partial charge in [-0.15, -0.1) is 0 Å². The Balaban J connectivity index is 1.98. The summed E-state index contributed by atoms with van der Waals surface area (Å²) in [5.74, 6) is 1.49. The smallest absolute Gasteiger partial charge is 0.123 e. The molecule has 0 aliphatic heterocycles. The third-order valence-corrected chi connectivity index (χ3v) is 4.19. The van der Waals surface area contributed by atoms with E-state index in [1.54, 1.807) is 0 Å². The molecule has 0 saturated heterocycles. The largest absolute Gasteiger partial charge is 0.491 e. The molecule has 2 nitrogen and oxygen atoms in total. The van der Waals surface area contributed by atoms with Gasteiger partial charge >= 0.3 is 0 Å². The summed E-state index contributed by atoms with van der Waals surface area (Å²) in [6.07, 6.45) is 1.04. The zero-order valence-corrected chi connectivity index (χ0v) is 15.1. The molecule has 2 aromatic carbocycles. The van der Waals surface area contributed by atoms with E-state index in [-0.39, 0.29) is 0 Å². The molecule has 0 atom stereocenters. The molecule has 23 heavy (non-hydrogen) atoms. The molecule has 0 spiro atoms. The molecule has 0 aliphatic carbocycles. The van der Waals surface area contributed by atoms with E-state index in [9.17, 15) is 0 Å². The van der Waals surface area contributed by atoms with E-state index < -0.39 is 0 Å². The molecule has 124 valence electrons. The van der Waals surface area contributed by atoms with Crippen molar-refractivity contribution in [1.82, 2.24) is 0 Å². The maximum atomic E-state index is 6.05. The minimum absolute atomic E-state index is 0.474. The number of ether oxygens (including phenoxy) is 1. The van der Waals surface area contributed by atoms with Crippen LogP contribution in [0, 0.1) is 13.8 Å². The van der Waals surface area contributed by atoms with Gasteiger partial charge in [-0.25, -0.2) is 0 Å². The van der Waals surface area contributed by atoms with Crippen LogP contribution in [0.15, 0.2) is 36.4 Å². The highest BCUT2D eigenvalue weighted by Crippen LogP contribution is 2.27. The summed E-state index contributed by atoms with van der Waals surface area (Å²) >= 11 is 0. The Morgan fingerprint density at radius 1 is 1.09 bits per heavy atom. The molecule has 0 aromatic heterocycles. The van der Waals surface area contributed by atoms with Gasteiger partial charge in [0.1, 0.15) is 12.4 Å². The number of nitrogens with one attached hydrogen (secondary N) is 1. The highest BCUT2D eigenvalue weighted by molar-refractivity contribution is 5.57. The lowest BCUT2D eigenvalue weighted by Gasteiger charge is -2.17. The molecular weight excluding hydrogens is 282 g/mol. The normalized spacial score (nSPS) is 10.9. The maximum Gasteiger partial charge on any atom is 0.123 e. The zero-order valence-electron chi connectivity index (χ0n) is 15.1. The van der Waals surface area contributed by atoms with Crippen LogP contribution in [-0.4, -0.2) is 13.2 Å². The second-order valence-electron chi connectivity index (χ2n) is 6.43. The van der Waals surface area contributed by atoms with Crippen molar-refractivity contribution < 1.29 is 4.74 Å². The Hall–Kier alpha value is -1.96. The molecule has 0 amide bonds. The summed E-state index contributed by atoms with van der Waals surface area (Å²) in [7, 11) is 0. The number of anilines is 1. The molecule has 2 heteroatoms. The van der Waals surface area contributed by atoms with Crippen LogP contribution >= 0.6 is 0 Å². The Morgan fingerprint density at radius 3 is 2.57 bits per heavy atom. The van der Waals surface area contributed by atoms with Crippen molar-refractivity contribution in [3.63, 3.8) is 0 Å². The van der Waals surface area contributed by atoms with Crippen LogP contribution in [0.2, 0.25) is 0 Å². The first kappa shape index (κ1) is 17.4. The van der Waals surface area contributed by atoms with Gasteiger partial charge in [0, 0.05) is 12.2 Å². The van der Waals surface area contributed by atoms with Gasteiger partial charge in [0.25, 0.3) is 0 Å². The summed E-state index contributed by atoms with van der Waals surface area (Å²) in [5, 5.41) is 3.54. The molecular formula is C21H29NO. The van der Waals surface area contributed by atoms with Crippen molar-refractivity contribution in [3.05, 3.63) is 58.7 Å². The Kier molecular flexibility index (Phi) is 6.09. The SMILES string of the molecule is CCc1cccc(C)c1NCCOc1cc(C)ccc1C(C)C. The molecule has 0 fully saturated rings. The predicted octanol–water partition coefficient (Wildman–Crippen LogP) is 5.48. The molecule has 1 N–H and O–H groups in total. The fraction of sp³-hybridized carbons (Fsp3) is 0.429. The van der Waals surface area contributed by atoms with Crippen LogP contribution in [0.1, 0.15) is 48.9 Å². The Morgan fingerprint density at radius 2 is 1.87 bits per heavy atom. The third kappa shape index (κ3) is 4.51. The fourth-order valence-electron chi connectivity index (χ4n) is 2.86. The van der Waals surface area contributed by atoms with Crippen LogP contribution in [0.25, 0.3) is 0 Å². The van der Waals surface area contributed by atoms with Crippen molar-refractivity contribution in [1.29, 1.82) is 0 Å². The molecule has 0 bridgehead atoms. The molecule has 0 unspecified atom stereocenters. The summed E-state index contributed by atoms with van der Waals surface area (Å²) in [6, 6.07) is 12.9. The average molecular weight is 311 g/mol. The van der Waals surface area contributed by atoms with Crippen molar-refractivity contribution >= 4 is 5.69 Å². The van der Waals surface area contributed by atoms with Gasteiger partial charge < -0.3 is 10.1 Å². The summed E-state index contributed by atoms with van der Waals surface area (Å²) in [6.45, 7) is 12.3. The van der Waals surface area contributed by atoms with Crippen LogP contribution in [-0.2, 0) is 6.42 Å². The lowest BCUT2D eigenvalue weighted by molar-refractivity contribution is 0.328. The van der Waals surface area contributed by atoms with E-state index in [0.29, 0.717) is 12.5 Å². The van der Waals surface area contributed by atoms with Gasteiger partial charge in [0.05, 0.1) is 0 Å². The van der Waals surface area contributed by atoms with E-state index in [1.165, 1.54) is 27.9 Å². The number of hydrogen-bond acceptors (Lipinski definition) is 2. The van der Waals surface area contributed by atoms with Crippen molar-refractivity contribution in [2.75, 3.05) is 18.5 Å². The van der Waals surface area contributed by atoms with Crippen LogP contribution in [0.4, 0.5) is 5.69 Å². The molecule has 0 heterocycles. The van der Waals surface area contributed by atoms with E-state index in [2.05, 4.69) is 76.3 Å². The Labute approximate surface area is 140 Å². The fourth-order valence-corrected chi connectivity index (χ4v) is 2.86. The second kappa shape index (κ2) is 8.05. The number of rotatable bonds is 7. The van der Waals surface area contributed by atoms with Crippen LogP contribution in [0.5, 0.6) is 5.75 Å². The van der Waals surface area contributed by atoms with E-state index in [0.717, 1.165) is 18.7 Å². The number of hydrogen-bond donors (Lipinski definition) is 1. The summed E-state index contributed by atoms with van der Waals surface area (Å²) in [4.78, 5) is 0. The molecule has 0 aliphatic rings. The highest BCUT2D eigenvalue weighted by Gasteiger charge is 2.08. The monoisotopic (exact) mass is 311 g/mol.